The van der Waals surface area contributed by atoms with Crippen LogP contribution in [0.3, 0.4) is 0 Å². The van der Waals surface area contributed by atoms with Gasteiger partial charge < -0.3 is 0 Å². The molecule has 0 aromatic heterocycles. The fourth-order valence-electron chi connectivity index (χ4n) is 1.52. The average Bonchev–Trinajstić information content (AvgIpc) is 1.96. The molecule has 0 heteroatoms. The normalized spacial score (nSPS) is 12.8. The van der Waals surface area contributed by atoms with Gasteiger partial charge in [0.2, 0.25) is 0 Å². The minimum atomic E-state index is 0.528. The second-order valence-electron chi connectivity index (χ2n) is 4.75. The lowest BCUT2D eigenvalue weighted by Gasteiger charge is -2.11. The summed E-state index contributed by atoms with van der Waals surface area (Å²) in [5, 5.41) is 0. The Balaban J connectivity index is 3.49. The summed E-state index contributed by atoms with van der Waals surface area (Å²) >= 11 is 0. The minimum Gasteiger partial charge on any atom is -0.103 e. The van der Waals surface area contributed by atoms with Crippen molar-refractivity contribution in [1.82, 2.24) is 0 Å². The molecule has 0 bridgehead atoms. The maximum Gasteiger partial charge on any atom is 0.0146 e. The van der Waals surface area contributed by atoms with E-state index >= 15 is 0 Å². The summed E-state index contributed by atoms with van der Waals surface area (Å²) in [6, 6.07) is 0. The van der Waals surface area contributed by atoms with E-state index in [-0.39, 0.29) is 0 Å². The van der Waals surface area contributed by atoms with Crippen LogP contribution in [0, 0.1) is 29.6 Å². The van der Waals surface area contributed by atoms with Gasteiger partial charge in [0.1, 0.15) is 0 Å². The summed E-state index contributed by atoms with van der Waals surface area (Å²) in [6.45, 7) is 11.2. The molecule has 0 radical (unpaired) electrons. The van der Waals surface area contributed by atoms with Gasteiger partial charge in [-0.05, 0) is 24.7 Å². The zero-order valence-electron chi connectivity index (χ0n) is 9.85. The number of rotatable bonds is 4. The molecule has 0 amide bonds. The molecule has 0 aromatic carbocycles. The monoisotopic (exact) mass is 180 g/mol. The molecular weight excluding hydrogens is 156 g/mol. The van der Waals surface area contributed by atoms with Gasteiger partial charge in [0.05, 0.1) is 0 Å². The average molecular weight is 180 g/mol. The Kier molecular flexibility index (Phi) is 6.77. The Hall–Kier alpha value is -0.440. The van der Waals surface area contributed by atoms with E-state index in [0.717, 1.165) is 18.3 Å². The molecule has 0 saturated carbocycles. The summed E-state index contributed by atoms with van der Waals surface area (Å²) < 4.78 is 0. The molecule has 0 saturated heterocycles. The molecule has 13 heavy (non-hydrogen) atoms. The predicted octanol–water partition coefficient (Wildman–Crippen LogP) is 4.11. The third-order valence-electron chi connectivity index (χ3n) is 2.03. The summed E-state index contributed by atoms with van der Waals surface area (Å²) in [5.41, 5.74) is 0. The van der Waals surface area contributed by atoms with E-state index in [4.69, 9.17) is 0 Å². The molecule has 0 N–H and O–H groups in total. The van der Waals surface area contributed by atoms with Crippen LogP contribution in [0.25, 0.3) is 0 Å². The molecule has 0 spiro atoms. The maximum absolute atomic E-state index is 3.24. The first-order chi connectivity index (χ1) is 6.02. The SMILES string of the molecule is CC(C)C#CCCC(C)CC(C)C. The smallest absolute Gasteiger partial charge is 0.0146 e. The Morgan fingerprint density at radius 3 is 2.08 bits per heavy atom. The number of hydrogen-bond acceptors (Lipinski definition) is 0. The van der Waals surface area contributed by atoms with Crippen LogP contribution in [0.1, 0.15) is 53.9 Å². The Labute approximate surface area is 84.1 Å². The van der Waals surface area contributed by atoms with Gasteiger partial charge in [0.15, 0.2) is 0 Å². The lowest BCUT2D eigenvalue weighted by molar-refractivity contribution is 0.419. The highest BCUT2D eigenvalue weighted by molar-refractivity contribution is 5.01. The van der Waals surface area contributed by atoms with Gasteiger partial charge in [-0.3, -0.25) is 0 Å². The molecule has 76 valence electrons. The van der Waals surface area contributed by atoms with E-state index in [1.165, 1.54) is 12.8 Å². The first kappa shape index (κ1) is 12.6. The first-order valence-corrected chi connectivity index (χ1v) is 5.50. The molecule has 1 atom stereocenters. The van der Waals surface area contributed by atoms with Crippen molar-refractivity contribution in [3.05, 3.63) is 0 Å². The molecule has 0 fully saturated rings. The fraction of sp³-hybridized carbons (Fsp3) is 0.846. The van der Waals surface area contributed by atoms with Crippen molar-refractivity contribution in [3.8, 4) is 11.8 Å². The van der Waals surface area contributed by atoms with E-state index in [9.17, 15) is 0 Å². The van der Waals surface area contributed by atoms with Gasteiger partial charge in [-0.2, -0.15) is 0 Å². The van der Waals surface area contributed by atoms with E-state index in [1.54, 1.807) is 0 Å². The Morgan fingerprint density at radius 1 is 1.00 bits per heavy atom. The van der Waals surface area contributed by atoms with Gasteiger partial charge in [-0.15, -0.1) is 11.8 Å². The summed E-state index contributed by atoms with van der Waals surface area (Å²) in [4.78, 5) is 0. The van der Waals surface area contributed by atoms with Crippen LogP contribution < -0.4 is 0 Å². The molecule has 0 nitrogen and oxygen atoms in total. The van der Waals surface area contributed by atoms with Crippen LogP contribution in [0.15, 0.2) is 0 Å². The van der Waals surface area contributed by atoms with Gasteiger partial charge in [0.25, 0.3) is 0 Å². The lowest BCUT2D eigenvalue weighted by atomic mass is 9.95. The molecule has 0 heterocycles. The third-order valence-corrected chi connectivity index (χ3v) is 2.03. The highest BCUT2D eigenvalue weighted by atomic mass is 14.1. The van der Waals surface area contributed by atoms with Crippen molar-refractivity contribution < 1.29 is 0 Å². The molecule has 0 aliphatic heterocycles. The van der Waals surface area contributed by atoms with Crippen molar-refractivity contribution in [2.75, 3.05) is 0 Å². The second-order valence-corrected chi connectivity index (χ2v) is 4.75. The van der Waals surface area contributed by atoms with Crippen LogP contribution >= 0.6 is 0 Å². The molecular formula is C13H24. The summed E-state index contributed by atoms with van der Waals surface area (Å²) in [5.74, 6) is 8.63. The van der Waals surface area contributed by atoms with Crippen molar-refractivity contribution in [2.24, 2.45) is 17.8 Å². The lowest BCUT2D eigenvalue weighted by Crippen LogP contribution is -1.99. The van der Waals surface area contributed by atoms with E-state index in [1.807, 2.05) is 0 Å². The van der Waals surface area contributed by atoms with Gasteiger partial charge in [0, 0.05) is 12.3 Å². The zero-order valence-corrected chi connectivity index (χ0v) is 9.85. The third kappa shape index (κ3) is 9.47. The largest absolute Gasteiger partial charge is 0.103 e. The quantitative estimate of drug-likeness (QED) is 0.571. The van der Waals surface area contributed by atoms with Gasteiger partial charge in [-0.1, -0.05) is 34.6 Å². The molecule has 1 unspecified atom stereocenters. The van der Waals surface area contributed by atoms with E-state index < -0.39 is 0 Å². The molecule has 0 aromatic rings. The van der Waals surface area contributed by atoms with Gasteiger partial charge in [-0.25, -0.2) is 0 Å². The topological polar surface area (TPSA) is 0 Å². The Bertz CT molecular complexity index is 166. The zero-order chi connectivity index (χ0) is 10.3. The van der Waals surface area contributed by atoms with Crippen LogP contribution in [-0.4, -0.2) is 0 Å². The van der Waals surface area contributed by atoms with Crippen molar-refractivity contribution >= 4 is 0 Å². The second kappa shape index (κ2) is 7.01. The predicted molar refractivity (Wildman–Crippen MR) is 60.5 cm³/mol. The highest BCUT2D eigenvalue weighted by Gasteiger charge is 2.03. The summed E-state index contributed by atoms with van der Waals surface area (Å²) in [6.07, 6.45) is 3.67. The van der Waals surface area contributed by atoms with Gasteiger partial charge >= 0.3 is 0 Å². The molecule has 0 aliphatic rings. The van der Waals surface area contributed by atoms with E-state index in [0.29, 0.717) is 5.92 Å². The van der Waals surface area contributed by atoms with Crippen LogP contribution in [0.4, 0.5) is 0 Å². The molecule has 0 rings (SSSR count). The van der Waals surface area contributed by atoms with Crippen molar-refractivity contribution in [2.45, 2.75) is 53.9 Å². The maximum atomic E-state index is 3.24. The highest BCUT2D eigenvalue weighted by Crippen LogP contribution is 2.15. The standard InChI is InChI=1S/C13H24/c1-11(2)8-6-7-9-13(5)10-12(3)4/h11-13H,7,9-10H2,1-5H3. The Morgan fingerprint density at radius 2 is 1.62 bits per heavy atom. The molecule has 0 aliphatic carbocycles. The van der Waals surface area contributed by atoms with Crippen LogP contribution in [-0.2, 0) is 0 Å². The van der Waals surface area contributed by atoms with Crippen molar-refractivity contribution in [3.63, 3.8) is 0 Å². The van der Waals surface area contributed by atoms with Crippen LogP contribution in [0.5, 0.6) is 0 Å². The minimum absolute atomic E-state index is 0.528. The van der Waals surface area contributed by atoms with E-state index in [2.05, 4.69) is 46.5 Å². The van der Waals surface area contributed by atoms with Crippen LogP contribution in [0.2, 0.25) is 0 Å². The first-order valence-electron chi connectivity index (χ1n) is 5.50. The van der Waals surface area contributed by atoms with Crippen molar-refractivity contribution in [1.29, 1.82) is 0 Å². The fourth-order valence-corrected chi connectivity index (χ4v) is 1.52. The summed E-state index contributed by atoms with van der Waals surface area (Å²) in [7, 11) is 0. The number of hydrogen-bond donors (Lipinski definition) is 0.